The predicted octanol–water partition coefficient (Wildman–Crippen LogP) is 3.88. The molecular formula is C22H25NO3. The standard InChI is InChI=1S/C22H25NO3/c1-16(21(24)23-19-12-6-7-13-19)26-22(25)20-14-8-5-11-18(20)15-17-9-3-2-4-10-17/h2-5,8-11,14,16,19H,6-7,12-13,15H2,1H3,(H,23,24)/t16-/m0/s1. The number of benzene rings is 2. The fourth-order valence-electron chi connectivity index (χ4n) is 3.36. The molecule has 1 aliphatic carbocycles. The fourth-order valence-corrected chi connectivity index (χ4v) is 3.36. The molecule has 0 spiro atoms. The van der Waals surface area contributed by atoms with Crippen LogP contribution in [0.15, 0.2) is 54.6 Å². The van der Waals surface area contributed by atoms with Crippen LogP contribution in [0.3, 0.4) is 0 Å². The number of carbonyl (C=O) groups excluding carboxylic acids is 2. The van der Waals surface area contributed by atoms with Gasteiger partial charge in [0.05, 0.1) is 5.56 Å². The van der Waals surface area contributed by atoms with Crippen LogP contribution < -0.4 is 5.32 Å². The molecule has 3 rings (SSSR count). The zero-order chi connectivity index (χ0) is 18.4. The summed E-state index contributed by atoms with van der Waals surface area (Å²) in [6, 6.07) is 17.6. The fraction of sp³-hybridized carbons (Fsp3) is 0.364. The molecule has 1 N–H and O–H groups in total. The molecule has 1 atom stereocenters. The molecule has 136 valence electrons. The molecule has 0 radical (unpaired) electrons. The monoisotopic (exact) mass is 351 g/mol. The molecule has 1 fully saturated rings. The van der Waals surface area contributed by atoms with Gasteiger partial charge in [-0.05, 0) is 43.4 Å². The molecule has 0 heterocycles. The summed E-state index contributed by atoms with van der Waals surface area (Å²) < 4.78 is 5.44. The number of rotatable bonds is 6. The van der Waals surface area contributed by atoms with Crippen molar-refractivity contribution in [3.63, 3.8) is 0 Å². The SMILES string of the molecule is C[C@H](OC(=O)c1ccccc1Cc1ccccc1)C(=O)NC1CCCC1. The number of amides is 1. The second-order valence-electron chi connectivity index (χ2n) is 6.86. The second-order valence-corrected chi connectivity index (χ2v) is 6.86. The first-order chi connectivity index (χ1) is 12.6. The van der Waals surface area contributed by atoms with Gasteiger partial charge in [0.25, 0.3) is 5.91 Å². The number of nitrogens with one attached hydrogen (secondary N) is 1. The lowest BCUT2D eigenvalue weighted by atomic mass is 10.00. The molecule has 0 unspecified atom stereocenters. The van der Waals surface area contributed by atoms with Gasteiger partial charge >= 0.3 is 5.97 Å². The zero-order valence-electron chi connectivity index (χ0n) is 15.1. The molecule has 0 aliphatic heterocycles. The Morgan fingerprint density at radius 2 is 1.69 bits per heavy atom. The molecule has 26 heavy (non-hydrogen) atoms. The van der Waals surface area contributed by atoms with E-state index in [0.717, 1.165) is 36.8 Å². The third-order valence-electron chi connectivity index (χ3n) is 4.83. The van der Waals surface area contributed by atoms with Crippen molar-refractivity contribution >= 4 is 11.9 Å². The highest BCUT2D eigenvalue weighted by Crippen LogP contribution is 2.19. The van der Waals surface area contributed by atoms with E-state index in [4.69, 9.17) is 4.74 Å². The van der Waals surface area contributed by atoms with Crippen molar-refractivity contribution in [2.75, 3.05) is 0 Å². The molecular weight excluding hydrogens is 326 g/mol. The van der Waals surface area contributed by atoms with Gasteiger partial charge < -0.3 is 10.1 Å². The van der Waals surface area contributed by atoms with Crippen molar-refractivity contribution in [3.8, 4) is 0 Å². The van der Waals surface area contributed by atoms with Gasteiger partial charge in [-0.25, -0.2) is 4.79 Å². The van der Waals surface area contributed by atoms with E-state index in [1.807, 2.05) is 48.5 Å². The molecule has 4 nitrogen and oxygen atoms in total. The molecule has 0 bridgehead atoms. The Hall–Kier alpha value is -2.62. The van der Waals surface area contributed by atoms with E-state index >= 15 is 0 Å². The van der Waals surface area contributed by atoms with E-state index in [-0.39, 0.29) is 11.9 Å². The van der Waals surface area contributed by atoms with Crippen LogP contribution in [0.1, 0.15) is 54.1 Å². The number of hydrogen-bond acceptors (Lipinski definition) is 3. The lowest BCUT2D eigenvalue weighted by Crippen LogP contribution is -2.40. The van der Waals surface area contributed by atoms with E-state index in [2.05, 4.69) is 5.32 Å². The predicted molar refractivity (Wildman–Crippen MR) is 101 cm³/mol. The van der Waals surface area contributed by atoms with Crippen LogP contribution in [0, 0.1) is 0 Å². The van der Waals surface area contributed by atoms with Gasteiger partial charge in [-0.1, -0.05) is 61.4 Å². The van der Waals surface area contributed by atoms with Crippen molar-refractivity contribution in [2.45, 2.75) is 51.2 Å². The van der Waals surface area contributed by atoms with Gasteiger partial charge in [-0.2, -0.15) is 0 Å². The minimum Gasteiger partial charge on any atom is -0.449 e. The smallest absolute Gasteiger partial charge is 0.339 e. The molecule has 4 heteroatoms. The molecule has 2 aromatic rings. The Morgan fingerprint density at radius 1 is 1.04 bits per heavy atom. The van der Waals surface area contributed by atoms with Crippen LogP contribution in [-0.2, 0) is 16.0 Å². The Balaban J connectivity index is 1.64. The number of esters is 1. The highest BCUT2D eigenvalue weighted by Gasteiger charge is 2.24. The van der Waals surface area contributed by atoms with Crippen molar-refractivity contribution in [2.24, 2.45) is 0 Å². The first-order valence-corrected chi connectivity index (χ1v) is 9.26. The topological polar surface area (TPSA) is 55.4 Å². The van der Waals surface area contributed by atoms with Crippen molar-refractivity contribution in [3.05, 3.63) is 71.3 Å². The van der Waals surface area contributed by atoms with Gasteiger partial charge in [0.1, 0.15) is 0 Å². The van der Waals surface area contributed by atoms with Gasteiger partial charge in [0.2, 0.25) is 0 Å². The van der Waals surface area contributed by atoms with Crippen LogP contribution in [0.4, 0.5) is 0 Å². The number of carbonyl (C=O) groups is 2. The third-order valence-corrected chi connectivity index (χ3v) is 4.83. The Kier molecular flexibility index (Phi) is 6.05. The van der Waals surface area contributed by atoms with Crippen LogP contribution in [0.25, 0.3) is 0 Å². The summed E-state index contributed by atoms with van der Waals surface area (Å²) >= 11 is 0. The summed E-state index contributed by atoms with van der Waals surface area (Å²) in [5.74, 6) is -0.670. The van der Waals surface area contributed by atoms with E-state index in [0.29, 0.717) is 12.0 Å². The second kappa shape index (κ2) is 8.65. The summed E-state index contributed by atoms with van der Waals surface area (Å²) in [5, 5.41) is 2.97. The first kappa shape index (κ1) is 18.2. The van der Waals surface area contributed by atoms with Crippen LogP contribution in [-0.4, -0.2) is 24.0 Å². The molecule has 1 aliphatic rings. The highest BCUT2D eigenvalue weighted by molar-refractivity contribution is 5.93. The summed E-state index contributed by atoms with van der Waals surface area (Å²) in [4.78, 5) is 24.9. The number of hydrogen-bond donors (Lipinski definition) is 1. The van der Waals surface area contributed by atoms with Gasteiger partial charge in [-0.15, -0.1) is 0 Å². The molecule has 0 aromatic heterocycles. The summed E-state index contributed by atoms with van der Waals surface area (Å²) in [6.07, 6.45) is 4.15. The Bertz CT molecular complexity index is 751. The molecule has 1 saturated carbocycles. The lowest BCUT2D eigenvalue weighted by molar-refractivity contribution is -0.129. The minimum atomic E-state index is -0.798. The van der Waals surface area contributed by atoms with E-state index in [1.54, 1.807) is 13.0 Å². The maximum atomic E-state index is 12.6. The maximum absolute atomic E-state index is 12.6. The molecule has 0 saturated heterocycles. The van der Waals surface area contributed by atoms with E-state index in [1.165, 1.54) is 0 Å². The Morgan fingerprint density at radius 3 is 2.42 bits per heavy atom. The third kappa shape index (κ3) is 4.72. The van der Waals surface area contributed by atoms with Gasteiger partial charge in [-0.3, -0.25) is 4.79 Å². The van der Waals surface area contributed by atoms with Crippen LogP contribution >= 0.6 is 0 Å². The van der Waals surface area contributed by atoms with E-state index < -0.39 is 12.1 Å². The van der Waals surface area contributed by atoms with Gasteiger partial charge in [0.15, 0.2) is 6.10 Å². The van der Waals surface area contributed by atoms with Crippen LogP contribution in [0.5, 0.6) is 0 Å². The van der Waals surface area contributed by atoms with Crippen LogP contribution in [0.2, 0.25) is 0 Å². The van der Waals surface area contributed by atoms with Crippen molar-refractivity contribution in [1.29, 1.82) is 0 Å². The maximum Gasteiger partial charge on any atom is 0.339 e. The van der Waals surface area contributed by atoms with Crippen molar-refractivity contribution in [1.82, 2.24) is 5.32 Å². The average Bonchev–Trinajstić information content (AvgIpc) is 3.16. The number of ether oxygens (including phenoxy) is 1. The summed E-state index contributed by atoms with van der Waals surface area (Å²) in [5.41, 5.74) is 2.53. The average molecular weight is 351 g/mol. The minimum absolute atomic E-state index is 0.217. The molecule has 1 amide bonds. The Labute approximate surface area is 154 Å². The zero-order valence-corrected chi connectivity index (χ0v) is 15.1. The first-order valence-electron chi connectivity index (χ1n) is 9.26. The lowest BCUT2D eigenvalue weighted by Gasteiger charge is -2.18. The van der Waals surface area contributed by atoms with E-state index in [9.17, 15) is 9.59 Å². The molecule has 2 aromatic carbocycles. The summed E-state index contributed by atoms with van der Waals surface area (Å²) in [6.45, 7) is 1.63. The van der Waals surface area contributed by atoms with Gasteiger partial charge in [0, 0.05) is 6.04 Å². The normalized spacial score (nSPS) is 15.4. The largest absolute Gasteiger partial charge is 0.449 e. The quantitative estimate of drug-likeness (QED) is 0.804. The van der Waals surface area contributed by atoms with Crippen molar-refractivity contribution < 1.29 is 14.3 Å². The summed E-state index contributed by atoms with van der Waals surface area (Å²) in [7, 11) is 0. The highest BCUT2D eigenvalue weighted by atomic mass is 16.5.